The number of halogens is 1. The van der Waals surface area contributed by atoms with Crippen LogP contribution in [0.4, 0.5) is 0 Å². The smallest absolute Gasteiger partial charge is 0.338 e. The zero-order chi connectivity index (χ0) is 14.8. The number of aromatic nitrogens is 1. The molecule has 21 heavy (non-hydrogen) atoms. The van der Waals surface area contributed by atoms with Crippen molar-refractivity contribution in [3.8, 4) is 10.6 Å². The van der Waals surface area contributed by atoms with Crippen molar-refractivity contribution < 1.29 is 9.53 Å². The molecule has 0 radical (unpaired) electrons. The zero-order valence-electron chi connectivity index (χ0n) is 11.3. The van der Waals surface area contributed by atoms with Crippen LogP contribution in [-0.2, 0) is 4.74 Å². The highest BCUT2D eigenvalue weighted by molar-refractivity contribution is 7.19. The highest BCUT2D eigenvalue weighted by Crippen LogP contribution is 2.32. The summed E-state index contributed by atoms with van der Waals surface area (Å²) < 4.78 is 5.84. The molecule has 0 bridgehead atoms. The molecule has 5 heteroatoms. The molecule has 3 rings (SSSR count). The summed E-state index contributed by atoms with van der Waals surface area (Å²) in [7, 11) is 0. The minimum absolute atomic E-state index is 0.333. The fourth-order valence-corrected chi connectivity index (χ4v) is 3.14. The molecule has 106 valence electrons. The van der Waals surface area contributed by atoms with Gasteiger partial charge >= 0.3 is 5.97 Å². The molecule has 0 aliphatic rings. The van der Waals surface area contributed by atoms with Gasteiger partial charge in [-0.25, -0.2) is 9.78 Å². The number of rotatable bonds is 3. The first-order valence-corrected chi connectivity index (χ1v) is 7.71. The topological polar surface area (TPSA) is 39.2 Å². The predicted molar refractivity (Wildman–Crippen MR) is 86.0 cm³/mol. The largest absolute Gasteiger partial charge is 0.462 e. The van der Waals surface area contributed by atoms with E-state index in [2.05, 4.69) is 4.98 Å². The van der Waals surface area contributed by atoms with E-state index < -0.39 is 0 Å². The van der Waals surface area contributed by atoms with Gasteiger partial charge in [-0.15, -0.1) is 11.3 Å². The number of para-hydroxylation sites is 1. The van der Waals surface area contributed by atoms with Crippen molar-refractivity contribution in [3.63, 3.8) is 0 Å². The molecule has 3 aromatic rings. The first kappa shape index (κ1) is 14.0. The van der Waals surface area contributed by atoms with Gasteiger partial charge in [-0.3, -0.25) is 0 Å². The van der Waals surface area contributed by atoms with Gasteiger partial charge in [-0.2, -0.15) is 0 Å². The van der Waals surface area contributed by atoms with Crippen LogP contribution < -0.4 is 0 Å². The van der Waals surface area contributed by atoms with E-state index in [1.165, 1.54) is 11.3 Å². The number of carbonyl (C=O) groups excluding carboxylic acids is 1. The van der Waals surface area contributed by atoms with E-state index in [9.17, 15) is 4.79 Å². The summed E-state index contributed by atoms with van der Waals surface area (Å²) in [5.41, 5.74) is 2.03. The molecular weight excluding hydrogens is 306 g/mol. The van der Waals surface area contributed by atoms with Gasteiger partial charge in [0.15, 0.2) is 0 Å². The van der Waals surface area contributed by atoms with Crippen LogP contribution >= 0.6 is 22.9 Å². The molecule has 0 unspecified atom stereocenters. The summed E-state index contributed by atoms with van der Waals surface area (Å²) in [6.07, 6.45) is 0. The van der Waals surface area contributed by atoms with Crippen molar-refractivity contribution in [2.24, 2.45) is 0 Å². The number of nitrogens with zero attached hydrogens (tertiary/aromatic N) is 1. The van der Waals surface area contributed by atoms with Crippen molar-refractivity contribution in [1.82, 2.24) is 4.98 Å². The first-order chi connectivity index (χ1) is 10.2. The standard InChI is InChI=1S/C16H12ClNO2S/c1-2-20-16(19)11-9-13(14-7-8-15(17)21-14)18-12-6-4-3-5-10(11)12/h3-9H,2H2,1H3. The number of ether oxygens (including phenoxy) is 1. The molecule has 0 amide bonds. The number of esters is 1. The van der Waals surface area contributed by atoms with Crippen molar-refractivity contribution >= 4 is 39.8 Å². The lowest BCUT2D eigenvalue weighted by Gasteiger charge is -2.08. The lowest BCUT2D eigenvalue weighted by atomic mass is 10.1. The average Bonchev–Trinajstić information content (AvgIpc) is 2.93. The van der Waals surface area contributed by atoms with Crippen LogP contribution in [0.3, 0.4) is 0 Å². The average molecular weight is 318 g/mol. The van der Waals surface area contributed by atoms with Gasteiger partial charge < -0.3 is 4.74 Å². The van der Waals surface area contributed by atoms with Crippen LogP contribution in [0, 0.1) is 0 Å². The van der Waals surface area contributed by atoms with Gasteiger partial charge in [-0.05, 0) is 31.2 Å². The molecule has 0 aliphatic heterocycles. The Kier molecular flexibility index (Phi) is 3.90. The number of thiophene rings is 1. The Bertz CT molecular complexity index is 813. The monoisotopic (exact) mass is 317 g/mol. The van der Waals surface area contributed by atoms with Gasteiger partial charge in [0.2, 0.25) is 0 Å². The van der Waals surface area contributed by atoms with E-state index in [0.717, 1.165) is 21.5 Å². The first-order valence-electron chi connectivity index (χ1n) is 6.51. The number of carbonyl (C=O) groups is 1. The van der Waals surface area contributed by atoms with Crippen LogP contribution in [0.1, 0.15) is 17.3 Å². The number of hydrogen-bond acceptors (Lipinski definition) is 4. The van der Waals surface area contributed by atoms with Crippen LogP contribution in [0.15, 0.2) is 42.5 Å². The lowest BCUT2D eigenvalue weighted by Crippen LogP contribution is -2.06. The Morgan fingerprint density at radius 1 is 1.29 bits per heavy atom. The van der Waals surface area contributed by atoms with Gasteiger partial charge in [0.05, 0.1) is 32.6 Å². The molecule has 1 aromatic carbocycles. The minimum Gasteiger partial charge on any atom is -0.462 e. The molecule has 3 nitrogen and oxygen atoms in total. The molecule has 0 fully saturated rings. The van der Waals surface area contributed by atoms with E-state index in [0.29, 0.717) is 16.5 Å². The number of benzene rings is 1. The highest BCUT2D eigenvalue weighted by atomic mass is 35.5. The summed E-state index contributed by atoms with van der Waals surface area (Å²) in [5, 5.41) is 0.794. The quantitative estimate of drug-likeness (QED) is 0.652. The van der Waals surface area contributed by atoms with Crippen molar-refractivity contribution in [1.29, 1.82) is 0 Å². The Morgan fingerprint density at radius 3 is 2.81 bits per heavy atom. The summed E-state index contributed by atoms with van der Waals surface area (Å²) in [6, 6.07) is 13.0. The van der Waals surface area contributed by atoms with Crippen LogP contribution in [0.2, 0.25) is 4.34 Å². The van der Waals surface area contributed by atoms with Crippen LogP contribution in [0.25, 0.3) is 21.5 Å². The molecule has 2 heterocycles. The van der Waals surface area contributed by atoms with Gasteiger partial charge in [0.25, 0.3) is 0 Å². The Labute approximate surface area is 131 Å². The summed E-state index contributed by atoms with van der Waals surface area (Å²) >= 11 is 7.41. The molecule has 0 spiro atoms. The SMILES string of the molecule is CCOC(=O)c1cc(-c2ccc(Cl)s2)nc2ccccc12. The summed E-state index contributed by atoms with van der Waals surface area (Å²) in [6.45, 7) is 2.14. The van der Waals surface area contributed by atoms with Gasteiger partial charge in [0.1, 0.15) is 0 Å². The van der Waals surface area contributed by atoms with Gasteiger partial charge in [0, 0.05) is 5.39 Å². The second kappa shape index (κ2) is 5.84. The number of pyridine rings is 1. The lowest BCUT2D eigenvalue weighted by molar-refractivity contribution is 0.0528. The highest BCUT2D eigenvalue weighted by Gasteiger charge is 2.15. The van der Waals surface area contributed by atoms with E-state index in [1.54, 1.807) is 13.0 Å². The zero-order valence-corrected chi connectivity index (χ0v) is 12.9. The summed E-state index contributed by atoms with van der Waals surface area (Å²) in [4.78, 5) is 17.7. The van der Waals surface area contributed by atoms with Crippen molar-refractivity contribution in [2.45, 2.75) is 6.92 Å². The fourth-order valence-electron chi connectivity index (χ4n) is 2.13. The molecular formula is C16H12ClNO2S. The fraction of sp³-hybridized carbons (Fsp3) is 0.125. The maximum Gasteiger partial charge on any atom is 0.338 e. The van der Waals surface area contributed by atoms with E-state index in [1.807, 2.05) is 36.4 Å². The minimum atomic E-state index is -0.333. The predicted octanol–water partition coefficient (Wildman–Crippen LogP) is 4.79. The molecule has 0 aliphatic carbocycles. The maximum atomic E-state index is 12.2. The Hall–Kier alpha value is -1.91. The van der Waals surface area contributed by atoms with E-state index >= 15 is 0 Å². The third kappa shape index (κ3) is 2.77. The molecule has 2 aromatic heterocycles. The molecule has 0 saturated heterocycles. The molecule has 0 saturated carbocycles. The van der Waals surface area contributed by atoms with E-state index in [-0.39, 0.29) is 5.97 Å². The maximum absolute atomic E-state index is 12.2. The molecule has 0 atom stereocenters. The second-order valence-corrected chi connectivity index (χ2v) is 6.11. The number of hydrogen-bond donors (Lipinski definition) is 0. The van der Waals surface area contributed by atoms with Crippen LogP contribution in [-0.4, -0.2) is 17.6 Å². The number of fused-ring (bicyclic) bond motifs is 1. The molecule has 0 N–H and O–H groups in total. The Balaban J connectivity index is 2.21. The van der Waals surface area contributed by atoms with Crippen molar-refractivity contribution in [3.05, 3.63) is 52.4 Å². The second-order valence-electron chi connectivity index (χ2n) is 4.40. The van der Waals surface area contributed by atoms with Crippen molar-refractivity contribution in [2.75, 3.05) is 6.61 Å². The Morgan fingerprint density at radius 2 is 2.10 bits per heavy atom. The normalized spacial score (nSPS) is 10.8. The van der Waals surface area contributed by atoms with Gasteiger partial charge in [-0.1, -0.05) is 29.8 Å². The van der Waals surface area contributed by atoms with E-state index in [4.69, 9.17) is 16.3 Å². The summed E-state index contributed by atoms with van der Waals surface area (Å²) in [5.74, 6) is -0.333. The third-order valence-corrected chi connectivity index (χ3v) is 4.29. The van der Waals surface area contributed by atoms with Crippen LogP contribution in [0.5, 0.6) is 0 Å². The third-order valence-electron chi connectivity index (χ3n) is 3.04.